The lowest BCUT2D eigenvalue weighted by Crippen LogP contribution is -2.42. The van der Waals surface area contributed by atoms with Gasteiger partial charge in [0.15, 0.2) is 23.0 Å². The molecule has 8 nitrogen and oxygen atoms in total. The summed E-state index contributed by atoms with van der Waals surface area (Å²) in [5, 5.41) is 0. The fourth-order valence-corrected chi connectivity index (χ4v) is 4.07. The summed E-state index contributed by atoms with van der Waals surface area (Å²) in [5.41, 5.74) is 1.61. The molecule has 1 amide bonds. The van der Waals surface area contributed by atoms with Crippen LogP contribution in [0.4, 0.5) is 0 Å². The molecule has 0 unspecified atom stereocenters. The Kier molecular flexibility index (Phi) is 4.19. The third-order valence-electron chi connectivity index (χ3n) is 5.43. The zero-order valence-electron chi connectivity index (χ0n) is 15.8. The van der Waals surface area contributed by atoms with Crippen LogP contribution in [0.1, 0.15) is 30.0 Å². The first-order chi connectivity index (χ1) is 14.2. The van der Waals surface area contributed by atoms with E-state index in [4.69, 9.17) is 23.7 Å². The Labute approximate surface area is 166 Å². The molecule has 0 saturated carbocycles. The number of carbonyl (C=O) groups excluding carboxylic acids is 2. The third-order valence-corrected chi connectivity index (χ3v) is 5.43. The minimum atomic E-state index is -0.659. The van der Waals surface area contributed by atoms with Gasteiger partial charge >= 0.3 is 5.97 Å². The van der Waals surface area contributed by atoms with Crippen LogP contribution in [0, 0.1) is 0 Å². The Morgan fingerprint density at radius 1 is 0.966 bits per heavy atom. The molecule has 150 valence electrons. The fraction of sp³-hybridized carbons (Fsp3) is 0.333. The van der Waals surface area contributed by atoms with Gasteiger partial charge in [0.1, 0.15) is 6.04 Å². The predicted molar refractivity (Wildman–Crippen MR) is 98.9 cm³/mol. The van der Waals surface area contributed by atoms with Gasteiger partial charge in [-0.25, -0.2) is 4.79 Å². The first-order valence-electron chi connectivity index (χ1n) is 9.34. The van der Waals surface area contributed by atoms with Crippen molar-refractivity contribution in [2.24, 2.45) is 0 Å². The lowest BCUT2D eigenvalue weighted by molar-refractivity contribution is -0.150. The third kappa shape index (κ3) is 2.91. The fourth-order valence-electron chi connectivity index (χ4n) is 4.07. The molecular weight excluding hydrogens is 378 g/mol. The molecule has 1 atom stereocenters. The number of methoxy groups -OCH3 is 1. The highest BCUT2D eigenvalue weighted by Gasteiger charge is 2.42. The van der Waals surface area contributed by atoms with E-state index >= 15 is 0 Å². The molecule has 0 N–H and O–H groups in total. The van der Waals surface area contributed by atoms with E-state index < -0.39 is 18.1 Å². The Hall–Kier alpha value is -3.42. The molecule has 8 heteroatoms. The monoisotopic (exact) mass is 397 g/mol. The quantitative estimate of drug-likeness (QED) is 0.733. The molecule has 3 aliphatic heterocycles. The van der Waals surface area contributed by atoms with Crippen LogP contribution in [-0.2, 0) is 14.3 Å². The lowest BCUT2D eigenvalue weighted by atomic mass is 9.95. The maximum Gasteiger partial charge on any atom is 0.328 e. The van der Waals surface area contributed by atoms with Crippen molar-refractivity contribution in [2.45, 2.75) is 24.9 Å². The van der Waals surface area contributed by atoms with Crippen molar-refractivity contribution < 1.29 is 33.3 Å². The summed E-state index contributed by atoms with van der Waals surface area (Å²) in [6.07, 6.45) is 0.697. The topological polar surface area (TPSA) is 83.5 Å². The van der Waals surface area contributed by atoms with Gasteiger partial charge in [0.2, 0.25) is 19.5 Å². The van der Waals surface area contributed by atoms with Crippen LogP contribution in [0.3, 0.4) is 0 Å². The summed E-state index contributed by atoms with van der Waals surface area (Å²) < 4.78 is 26.8. The smallest absolute Gasteiger partial charge is 0.328 e. The number of hydrogen-bond donors (Lipinski definition) is 0. The maximum atomic E-state index is 12.9. The Balaban J connectivity index is 1.63. The van der Waals surface area contributed by atoms with E-state index in [1.807, 2.05) is 36.4 Å². The molecule has 5 rings (SSSR count). The van der Waals surface area contributed by atoms with Crippen molar-refractivity contribution in [2.75, 3.05) is 20.7 Å². The molecule has 0 aromatic heterocycles. The number of fused-ring (bicyclic) bond motifs is 2. The number of esters is 1. The number of amides is 1. The van der Waals surface area contributed by atoms with Crippen LogP contribution in [0.15, 0.2) is 36.4 Å². The highest BCUT2D eigenvalue weighted by molar-refractivity contribution is 5.89. The van der Waals surface area contributed by atoms with Crippen LogP contribution in [0.5, 0.6) is 23.0 Å². The van der Waals surface area contributed by atoms with E-state index in [0.717, 1.165) is 11.1 Å². The SMILES string of the molecule is COC(=O)[C@H]1CCC(=O)N1C(c1ccc2c(c1)OCO2)c1ccc2c(c1)OCO2. The largest absolute Gasteiger partial charge is 0.467 e. The number of rotatable bonds is 4. The van der Waals surface area contributed by atoms with Gasteiger partial charge in [-0.15, -0.1) is 0 Å². The van der Waals surface area contributed by atoms with Crippen molar-refractivity contribution in [3.63, 3.8) is 0 Å². The van der Waals surface area contributed by atoms with Gasteiger partial charge in [-0.2, -0.15) is 0 Å². The van der Waals surface area contributed by atoms with E-state index in [1.54, 1.807) is 4.90 Å². The summed E-state index contributed by atoms with van der Waals surface area (Å²) >= 11 is 0. The minimum Gasteiger partial charge on any atom is -0.467 e. The molecule has 1 fully saturated rings. The molecule has 1 saturated heterocycles. The summed E-state index contributed by atoms with van der Waals surface area (Å²) in [4.78, 5) is 26.9. The van der Waals surface area contributed by atoms with Crippen LogP contribution in [0.25, 0.3) is 0 Å². The first-order valence-corrected chi connectivity index (χ1v) is 9.34. The number of likely N-dealkylation sites (tertiary alicyclic amines) is 1. The Morgan fingerprint density at radius 2 is 1.52 bits per heavy atom. The van der Waals surface area contributed by atoms with Crippen molar-refractivity contribution in [3.05, 3.63) is 47.5 Å². The average molecular weight is 397 g/mol. The van der Waals surface area contributed by atoms with E-state index in [0.29, 0.717) is 29.4 Å². The second-order valence-electron chi connectivity index (χ2n) is 7.01. The zero-order valence-corrected chi connectivity index (χ0v) is 15.8. The van der Waals surface area contributed by atoms with E-state index in [-0.39, 0.29) is 25.9 Å². The Bertz CT molecular complexity index is 931. The Morgan fingerprint density at radius 3 is 2.07 bits per heavy atom. The van der Waals surface area contributed by atoms with Gasteiger partial charge in [0, 0.05) is 6.42 Å². The molecule has 3 heterocycles. The van der Waals surface area contributed by atoms with Crippen molar-refractivity contribution in [1.29, 1.82) is 0 Å². The second kappa shape index (κ2) is 6.88. The molecule has 3 aliphatic rings. The first kappa shape index (κ1) is 17.7. The predicted octanol–water partition coefficient (Wildman–Crippen LogP) is 2.40. The van der Waals surface area contributed by atoms with Crippen molar-refractivity contribution in [3.8, 4) is 23.0 Å². The number of hydrogen-bond acceptors (Lipinski definition) is 7. The van der Waals surface area contributed by atoms with Gasteiger partial charge in [-0.05, 0) is 41.8 Å². The van der Waals surface area contributed by atoms with Crippen LogP contribution in [0.2, 0.25) is 0 Å². The number of benzene rings is 2. The average Bonchev–Trinajstić information content (AvgIpc) is 3.47. The van der Waals surface area contributed by atoms with E-state index in [1.165, 1.54) is 7.11 Å². The highest BCUT2D eigenvalue weighted by Crippen LogP contribution is 2.43. The van der Waals surface area contributed by atoms with Crippen LogP contribution in [-0.4, -0.2) is 43.5 Å². The molecule has 0 radical (unpaired) electrons. The molecule has 29 heavy (non-hydrogen) atoms. The van der Waals surface area contributed by atoms with E-state index in [2.05, 4.69) is 0 Å². The minimum absolute atomic E-state index is 0.110. The van der Waals surface area contributed by atoms with E-state index in [9.17, 15) is 9.59 Å². The summed E-state index contributed by atoms with van der Waals surface area (Å²) in [6, 6.07) is 9.89. The van der Waals surface area contributed by atoms with Gasteiger partial charge in [-0.3, -0.25) is 4.79 Å². The maximum absolute atomic E-state index is 12.9. The van der Waals surface area contributed by atoms with Crippen LogP contribution < -0.4 is 18.9 Å². The summed E-state index contributed by atoms with van der Waals surface area (Å²) in [7, 11) is 1.33. The second-order valence-corrected chi connectivity index (χ2v) is 7.01. The number of nitrogens with zero attached hydrogens (tertiary/aromatic N) is 1. The van der Waals surface area contributed by atoms with Crippen LogP contribution >= 0.6 is 0 Å². The van der Waals surface area contributed by atoms with Gasteiger partial charge in [0.05, 0.1) is 13.2 Å². The normalized spacial score (nSPS) is 19.2. The molecule has 0 spiro atoms. The summed E-state index contributed by atoms with van der Waals surface area (Å²) in [5.74, 6) is 1.97. The number of carbonyl (C=O) groups is 2. The lowest BCUT2D eigenvalue weighted by Gasteiger charge is -2.33. The molecule has 2 aromatic carbocycles. The molecule has 0 aliphatic carbocycles. The number of ether oxygens (including phenoxy) is 5. The standard InChI is InChI=1S/C21H19NO7/c1-25-21(24)14-4-7-19(23)22(14)20(12-2-5-15-17(8-12)28-10-26-15)13-3-6-16-18(9-13)29-11-27-16/h2-3,5-6,8-9,14,20H,4,7,10-11H2,1H3/t14-/m1/s1. The molecule has 2 aromatic rings. The highest BCUT2D eigenvalue weighted by atomic mass is 16.7. The van der Waals surface area contributed by atoms with Gasteiger partial charge < -0.3 is 28.6 Å². The van der Waals surface area contributed by atoms with Crippen molar-refractivity contribution >= 4 is 11.9 Å². The van der Waals surface area contributed by atoms with Gasteiger partial charge in [0.25, 0.3) is 0 Å². The van der Waals surface area contributed by atoms with Gasteiger partial charge in [-0.1, -0.05) is 12.1 Å². The molecular formula is C21H19NO7. The van der Waals surface area contributed by atoms with Crippen molar-refractivity contribution in [1.82, 2.24) is 4.90 Å². The molecule has 0 bridgehead atoms. The summed E-state index contributed by atoms with van der Waals surface area (Å²) in [6.45, 7) is 0.307. The zero-order chi connectivity index (χ0) is 20.0.